The lowest BCUT2D eigenvalue weighted by atomic mass is 9.82. The summed E-state index contributed by atoms with van der Waals surface area (Å²) < 4.78 is 36.7. The van der Waals surface area contributed by atoms with Crippen molar-refractivity contribution in [2.45, 2.75) is 37.2 Å². The van der Waals surface area contributed by atoms with Crippen molar-refractivity contribution in [3.8, 4) is 11.5 Å². The van der Waals surface area contributed by atoms with Gasteiger partial charge in [0.05, 0.1) is 7.11 Å². The molecule has 2 aliphatic heterocycles. The molecule has 3 aromatic carbocycles. The predicted octanol–water partition coefficient (Wildman–Crippen LogP) is 4.43. The first-order chi connectivity index (χ1) is 15.0. The van der Waals surface area contributed by atoms with Crippen molar-refractivity contribution in [1.82, 2.24) is 4.90 Å². The lowest BCUT2D eigenvalue weighted by Crippen LogP contribution is -2.39. The summed E-state index contributed by atoms with van der Waals surface area (Å²) in [5.41, 5.74) is 6.00. The van der Waals surface area contributed by atoms with E-state index in [9.17, 15) is 8.42 Å². The lowest BCUT2D eigenvalue weighted by Gasteiger charge is -2.42. The molecule has 0 spiro atoms. The highest BCUT2D eigenvalue weighted by Gasteiger charge is 2.35. The van der Waals surface area contributed by atoms with E-state index >= 15 is 0 Å². The van der Waals surface area contributed by atoms with Gasteiger partial charge in [-0.2, -0.15) is 8.42 Å². The molecule has 0 radical (unpaired) electrons. The molecular formula is C25H25NO4S. The third kappa shape index (κ3) is 3.60. The SMILES string of the molecule is COc1ccc2c(c1)CCN1Cc3c(OS(=O)(=O)c4ccccc4)ccc(C)c3CC21. The molecule has 1 unspecified atom stereocenters. The molecular weight excluding hydrogens is 410 g/mol. The minimum atomic E-state index is -3.88. The number of rotatable bonds is 4. The minimum absolute atomic E-state index is 0.166. The third-order valence-electron chi connectivity index (χ3n) is 6.43. The second-order valence-corrected chi connectivity index (χ2v) is 9.74. The maximum atomic E-state index is 12.8. The van der Waals surface area contributed by atoms with Crippen molar-refractivity contribution in [1.29, 1.82) is 0 Å². The Balaban J connectivity index is 1.51. The van der Waals surface area contributed by atoms with E-state index in [4.69, 9.17) is 8.92 Å². The van der Waals surface area contributed by atoms with E-state index < -0.39 is 10.1 Å². The smallest absolute Gasteiger partial charge is 0.339 e. The van der Waals surface area contributed by atoms with Crippen LogP contribution in [0.5, 0.6) is 11.5 Å². The van der Waals surface area contributed by atoms with Crippen molar-refractivity contribution < 1.29 is 17.3 Å². The monoisotopic (exact) mass is 435 g/mol. The van der Waals surface area contributed by atoms with Crippen LogP contribution in [0.3, 0.4) is 0 Å². The van der Waals surface area contributed by atoms with E-state index in [-0.39, 0.29) is 10.9 Å². The quantitative estimate of drug-likeness (QED) is 0.568. The zero-order valence-electron chi connectivity index (χ0n) is 17.7. The molecule has 5 rings (SSSR count). The molecule has 1 atom stereocenters. The minimum Gasteiger partial charge on any atom is -0.497 e. The molecule has 0 saturated heterocycles. The van der Waals surface area contributed by atoms with Gasteiger partial charge in [-0.05, 0) is 72.4 Å². The lowest BCUT2D eigenvalue weighted by molar-refractivity contribution is 0.159. The fourth-order valence-electron chi connectivity index (χ4n) is 4.77. The van der Waals surface area contributed by atoms with Crippen LogP contribution >= 0.6 is 0 Å². The third-order valence-corrected chi connectivity index (χ3v) is 7.68. The van der Waals surface area contributed by atoms with Crippen LogP contribution in [0, 0.1) is 6.92 Å². The van der Waals surface area contributed by atoms with Crippen molar-refractivity contribution in [3.05, 3.63) is 88.5 Å². The van der Waals surface area contributed by atoms with Crippen LogP contribution in [0.4, 0.5) is 0 Å². The number of aryl methyl sites for hydroxylation is 1. The van der Waals surface area contributed by atoms with Crippen molar-refractivity contribution >= 4 is 10.1 Å². The second-order valence-electron chi connectivity index (χ2n) is 8.19. The van der Waals surface area contributed by atoms with E-state index in [0.29, 0.717) is 12.3 Å². The summed E-state index contributed by atoms with van der Waals surface area (Å²) in [4.78, 5) is 2.59. The van der Waals surface area contributed by atoms with Crippen molar-refractivity contribution in [2.24, 2.45) is 0 Å². The highest BCUT2D eigenvalue weighted by molar-refractivity contribution is 7.87. The van der Waals surface area contributed by atoms with Gasteiger partial charge in [0.2, 0.25) is 0 Å². The van der Waals surface area contributed by atoms with Gasteiger partial charge in [0.25, 0.3) is 0 Å². The average Bonchev–Trinajstić information content (AvgIpc) is 2.80. The molecule has 0 N–H and O–H groups in total. The number of methoxy groups -OCH3 is 1. The largest absolute Gasteiger partial charge is 0.497 e. The zero-order valence-corrected chi connectivity index (χ0v) is 18.5. The van der Waals surface area contributed by atoms with E-state index in [1.807, 2.05) is 12.1 Å². The van der Waals surface area contributed by atoms with Gasteiger partial charge < -0.3 is 8.92 Å². The van der Waals surface area contributed by atoms with Gasteiger partial charge in [-0.3, -0.25) is 4.90 Å². The van der Waals surface area contributed by atoms with E-state index in [1.165, 1.54) is 22.3 Å². The van der Waals surface area contributed by atoms with Crippen LogP contribution in [0.1, 0.15) is 33.9 Å². The Morgan fingerprint density at radius 2 is 1.81 bits per heavy atom. The topological polar surface area (TPSA) is 55.8 Å². The van der Waals surface area contributed by atoms with Crippen LogP contribution in [0.15, 0.2) is 65.6 Å². The summed E-state index contributed by atoms with van der Waals surface area (Å²) in [6, 6.07) is 18.7. The van der Waals surface area contributed by atoms with Crippen LogP contribution in [0.2, 0.25) is 0 Å². The Bertz CT molecular complexity index is 1240. The molecule has 0 fully saturated rings. The van der Waals surface area contributed by atoms with Gasteiger partial charge in [0.15, 0.2) is 0 Å². The molecule has 0 aliphatic carbocycles. The highest BCUT2D eigenvalue weighted by atomic mass is 32.2. The van der Waals surface area contributed by atoms with E-state index in [0.717, 1.165) is 30.7 Å². The Morgan fingerprint density at radius 1 is 1.00 bits per heavy atom. The molecule has 0 aromatic heterocycles. The number of hydrogen-bond acceptors (Lipinski definition) is 5. The second kappa shape index (κ2) is 7.70. The zero-order chi connectivity index (χ0) is 21.6. The first-order valence-electron chi connectivity index (χ1n) is 10.5. The van der Waals surface area contributed by atoms with Crippen molar-refractivity contribution in [2.75, 3.05) is 13.7 Å². The standard InChI is InChI=1S/C25H25NO4S/c1-17-8-11-25(30-31(27,28)20-6-4-3-5-7-20)23-16-26-13-12-18-14-19(29-2)9-10-21(18)24(26)15-22(17)23/h3-11,14,24H,12-13,15-16H2,1-2H3. The highest BCUT2D eigenvalue weighted by Crippen LogP contribution is 2.43. The van der Waals surface area contributed by atoms with Gasteiger partial charge in [-0.25, -0.2) is 0 Å². The molecule has 0 bridgehead atoms. The van der Waals surface area contributed by atoms with E-state index in [1.54, 1.807) is 43.5 Å². The summed E-state index contributed by atoms with van der Waals surface area (Å²) in [5.74, 6) is 1.32. The molecule has 0 amide bonds. The van der Waals surface area contributed by atoms with Crippen LogP contribution in [-0.2, 0) is 29.5 Å². The maximum Gasteiger partial charge on any atom is 0.339 e. The summed E-state index contributed by atoms with van der Waals surface area (Å²) in [6.45, 7) is 3.68. The fourth-order valence-corrected chi connectivity index (χ4v) is 5.75. The molecule has 2 aliphatic rings. The van der Waals surface area contributed by atoms with Gasteiger partial charge in [0, 0.05) is 24.7 Å². The van der Waals surface area contributed by atoms with Crippen molar-refractivity contribution in [3.63, 3.8) is 0 Å². The van der Waals surface area contributed by atoms with Gasteiger partial charge >= 0.3 is 10.1 Å². The average molecular weight is 436 g/mol. The van der Waals surface area contributed by atoms with E-state index in [2.05, 4.69) is 24.0 Å². The Hall–Kier alpha value is -2.83. The molecule has 2 heterocycles. The first kappa shape index (κ1) is 20.1. The predicted molar refractivity (Wildman–Crippen MR) is 119 cm³/mol. The summed E-state index contributed by atoms with van der Waals surface area (Å²) >= 11 is 0. The van der Waals surface area contributed by atoms with Gasteiger partial charge in [-0.15, -0.1) is 0 Å². The molecule has 160 valence electrons. The molecule has 6 heteroatoms. The first-order valence-corrected chi connectivity index (χ1v) is 11.9. The maximum absolute atomic E-state index is 12.8. The molecule has 5 nitrogen and oxygen atoms in total. The van der Waals surface area contributed by atoms with Crippen LogP contribution in [-0.4, -0.2) is 27.0 Å². The summed E-state index contributed by atoms with van der Waals surface area (Å²) in [5, 5.41) is 0. The summed E-state index contributed by atoms with van der Waals surface area (Å²) in [6.07, 6.45) is 1.78. The number of hydrogen-bond donors (Lipinski definition) is 0. The van der Waals surface area contributed by atoms with Gasteiger partial charge in [0.1, 0.15) is 16.4 Å². The Kier molecular flexibility index (Phi) is 4.99. The number of fused-ring (bicyclic) bond motifs is 4. The fraction of sp³-hybridized carbons (Fsp3) is 0.280. The summed E-state index contributed by atoms with van der Waals surface area (Å²) in [7, 11) is -2.18. The molecule has 0 saturated carbocycles. The normalized spacial score (nSPS) is 17.9. The number of benzene rings is 3. The Morgan fingerprint density at radius 3 is 2.58 bits per heavy atom. The Labute approximate surface area is 183 Å². The molecule has 31 heavy (non-hydrogen) atoms. The van der Waals surface area contributed by atoms with Crippen LogP contribution < -0.4 is 8.92 Å². The number of ether oxygens (including phenoxy) is 1. The number of nitrogens with zero attached hydrogens (tertiary/aromatic N) is 1. The van der Waals surface area contributed by atoms with Gasteiger partial charge in [-0.1, -0.05) is 30.3 Å². The van der Waals surface area contributed by atoms with Crippen LogP contribution in [0.25, 0.3) is 0 Å². The molecule has 3 aromatic rings.